The molecule has 5 heteroatoms. The van der Waals surface area contributed by atoms with Crippen LogP contribution in [0.4, 0.5) is 5.82 Å². The standard InChI is InChI=1S/C18H22BrN3O/c1-3-12-10-14-4-5-15(19)11(2)16(14)21-18(12)22-8-6-13(7-9-22)17(20)23/h4-5,10,13H,3,6-9H2,1-2H3,(H2,20,23). The summed E-state index contributed by atoms with van der Waals surface area (Å²) in [5.74, 6) is 0.892. The minimum atomic E-state index is -0.174. The number of hydrogen-bond acceptors (Lipinski definition) is 3. The van der Waals surface area contributed by atoms with Gasteiger partial charge in [-0.25, -0.2) is 4.98 Å². The lowest BCUT2D eigenvalue weighted by molar-refractivity contribution is -0.122. The van der Waals surface area contributed by atoms with Crippen molar-refractivity contribution < 1.29 is 4.79 Å². The second-order valence-electron chi connectivity index (χ2n) is 6.23. The van der Waals surface area contributed by atoms with E-state index in [2.05, 4.69) is 52.9 Å². The largest absolute Gasteiger partial charge is 0.369 e. The molecule has 1 aromatic carbocycles. The number of halogens is 1. The first-order chi connectivity index (χ1) is 11.0. The van der Waals surface area contributed by atoms with E-state index in [0.29, 0.717) is 0 Å². The third-order valence-electron chi connectivity index (χ3n) is 4.81. The molecule has 2 heterocycles. The van der Waals surface area contributed by atoms with Gasteiger partial charge in [0.15, 0.2) is 0 Å². The molecule has 0 unspecified atom stereocenters. The second-order valence-corrected chi connectivity index (χ2v) is 7.09. The molecule has 0 spiro atoms. The predicted molar refractivity (Wildman–Crippen MR) is 97.7 cm³/mol. The van der Waals surface area contributed by atoms with E-state index in [0.717, 1.165) is 48.2 Å². The Kier molecular flexibility index (Phi) is 4.57. The fourth-order valence-corrected chi connectivity index (χ4v) is 3.62. The van der Waals surface area contributed by atoms with Crippen LogP contribution < -0.4 is 10.6 Å². The van der Waals surface area contributed by atoms with Crippen LogP contribution in [-0.2, 0) is 11.2 Å². The number of piperidine rings is 1. The fourth-order valence-electron chi connectivity index (χ4n) is 3.30. The highest BCUT2D eigenvalue weighted by atomic mass is 79.9. The highest BCUT2D eigenvalue weighted by Gasteiger charge is 2.25. The van der Waals surface area contributed by atoms with Crippen molar-refractivity contribution in [3.05, 3.63) is 33.8 Å². The van der Waals surface area contributed by atoms with Crippen molar-refractivity contribution in [3.63, 3.8) is 0 Å². The van der Waals surface area contributed by atoms with Crippen LogP contribution in [0.15, 0.2) is 22.7 Å². The summed E-state index contributed by atoms with van der Waals surface area (Å²) < 4.78 is 1.08. The number of pyridine rings is 1. The van der Waals surface area contributed by atoms with Gasteiger partial charge in [-0.3, -0.25) is 4.79 Å². The normalized spacial score (nSPS) is 16.0. The lowest BCUT2D eigenvalue weighted by Crippen LogP contribution is -2.39. The average Bonchev–Trinajstić information content (AvgIpc) is 2.57. The molecular formula is C18H22BrN3O. The van der Waals surface area contributed by atoms with Crippen molar-refractivity contribution in [1.82, 2.24) is 4.98 Å². The summed E-state index contributed by atoms with van der Waals surface area (Å²) in [6, 6.07) is 6.44. The first kappa shape index (κ1) is 16.2. The van der Waals surface area contributed by atoms with Gasteiger partial charge in [0, 0.05) is 28.9 Å². The minimum Gasteiger partial charge on any atom is -0.369 e. The summed E-state index contributed by atoms with van der Waals surface area (Å²) in [6.45, 7) is 5.93. The molecule has 0 radical (unpaired) electrons. The van der Waals surface area contributed by atoms with Crippen molar-refractivity contribution >= 4 is 38.6 Å². The van der Waals surface area contributed by atoms with E-state index < -0.39 is 0 Å². The van der Waals surface area contributed by atoms with Gasteiger partial charge in [-0.1, -0.05) is 28.9 Å². The molecule has 3 rings (SSSR count). The number of benzene rings is 1. The maximum Gasteiger partial charge on any atom is 0.220 e. The van der Waals surface area contributed by atoms with Gasteiger partial charge in [-0.2, -0.15) is 0 Å². The summed E-state index contributed by atoms with van der Waals surface area (Å²) in [4.78, 5) is 18.6. The molecule has 1 aromatic heterocycles. The van der Waals surface area contributed by atoms with Crippen LogP contribution in [-0.4, -0.2) is 24.0 Å². The molecule has 1 amide bonds. The summed E-state index contributed by atoms with van der Waals surface area (Å²) in [5, 5.41) is 1.18. The number of carbonyl (C=O) groups is 1. The zero-order valence-electron chi connectivity index (χ0n) is 13.6. The van der Waals surface area contributed by atoms with E-state index in [-0.39, 0.29) is 11.8 Å². The van der Waals surface area contributed by atoms with Crippen LogP contribution in [0.1, 0.15) is 30.9 Å². The molecule has 1 saturated heterocycles. The molecule has 1 aliphatic heterocycles. The van der Waals surface area contributed by atoms with Crippen molar-refractivity contribution in [2.75, 3.05) is 18.0 Å². The minimum absolute atomic E-state index is 0.00710. The van der Waals surface area contributed by atoms with Gasteiger partial charge < -0.3 is 10.6 Å². The number of amides is 1. The number of aryl methyl sites for hydroxylation is 2. The molecule has 122 valence electrons. The third kappa shape index (κ3) is 3.07. The molecule has 0 saturated carbocycles. The maximum absolute atomic E-state index is 11.4. The SMILES string of the molecule is CCc1cc2ccc(Br)c(C)c2nc1N1CCC(C(N)=O)CC1. The monoisotopic (exact) mass is 375 g/mol. The molecule has 0 bridgehead atoms. The Morgan fingerprint density at radius 1 is 1.39 bits per heavy atom. The number of nitrogens with two attached hydrogens (primary N) is 1. The van der Waals surface area contributed by atoms with Crippen LogP contribution in [0.3, 0.4) is 0 Å². The number of carbonyl (C=O) groups excluding carboxylic acids is 1. The number of fused-ring (bicyclic) bond motifs is 1. The van der Waals surface area contributed by atoms with E-state index in [4.69, 9.17) is 10.7 Å². The van der Waals surface area contributed by atoms with Crippen LogP contribution in [0.5, 0.6) is 0 Å². The molecule has 2 N–H and O–H groups in total. The highest BCUT2D eigenvalue weighted by Crippen LogP contribution is 2.31. The smallest absolute Gasteiger partial charge is 0.220 e. The van der Waals surface area contributed by atoms with Gasteiger partial charge in [0.1, 0.15) is 5.82 Å². The molecule has 1 fully saturated rings. The lowest BCUT2D eigenvalue weighted by Gasteiger charge is -2.33. The predicted octanol–water partition coefficient (Wildman–Crippen LogP) is 3.57. The Bertz CT molecular complexity index is 752. The van der Waals surface area contributed by atoms with Gasteiger partial charge >= 0.3 is 0 Å². The zero-order valence-corrected chi connectivity index (χ0v) is 15.2. The summed E-state index contributed by atoms with van der Waals surface area (Å²) in [6.07, 6.45) is 2.58. The molecular weight excluding hydrogens is 354 g/mol. The van der Waals surface area contributed by atoms with Crippen LogP contribution in [0, 0.1) is 12.8 Å². The molecule has 1 aliphatic rings. The number of nitrogens with zero attached hydrogens (tertiary/aromatic N) is 2. The number of rotatable bonds is 3. The second kappa shape index (κ2) is 6.48. The molecule has 23 heavy (non-hydrogen) atoms. The topological polar surface area (TPSA) is 59.2 Å². The zero-order chi connectivity index (χ0) is 16.6. The Morgan fingerprint density at radius 3 is 2.70 bits per heavy atom. The van der Waals surface area contributed by atoms with E-state index in [9.17, 15) is 4.79 Å². The van der Waals surface area contributed by atoms with Gasteiger partial charge in [0.2, 0.25) is 5.91 Å². The number of anilines is 1. The Balaban J connectivity index is 1.99. The van der Waals surface area contributed by atoms with Crippen LogP contribution in [0.25, 0.3) is 10.9 Å². The van der Waals surface area contributed by atoms with Crippen molar-refractivity contribution in [2.24, 2.45) is 11.7 Å². The van der Waals surface area contributed by atoms with E-state index >= 15 is 0 Å². The van der Waals surface area contributed by atoms with Crippen LogP contribution >= 0.6 is 15.9 Å². The van der Waals surface area contributed by atoms with Gasteiger partial charge in [-0.15, -0.1) is 0 Å². The lowest BCUT2D eigenvalue weighted by atomic mass is 9.95. The number of primary amides is 1. The Labute approximate surface area is 145 Å². The summed E-state index contributed by atoms with van der Waals surface area (Å²) in [7, 11) is 0. The number of hydrogen-bond donors (Lipinski definition) is 1. The van der Waals surface area contributed by atoms with Gasteiger partial charge in [0.05, 0.1) is 5.52 Å². The first-order valence-corrected chi connectivity index (χ1v) is 8.93. The van der Waals surface area contributed by atoms with Crippen molar-refractivity contribution in [2.45, 2.75) is 33.1 Å². The van der Waals surface area contributed by atoms with E-state index in [1.165, 1.54) is 16.5 Å². The first-order valence-electron chi connectivity index (χ1n) is 8.14. The molecule has 4 nitrogen and oxygen atoms in total. The molecule has 2 aromatic rings. The number of aromatic nitrogens is 1. The van der Waals surface area contributed by atoms with Crippen molar-refractivity contribution in [3.8, 4) is 0 Å². The summed E-state index contributed by atoms with van der Waals surface area (Å²) in [5.41, 5.74) is 8.91. The van der Waals surface area contributed by atoms with Gasteiger partial charge in [-0.05, 0) is 49.4 Å². The Morgan fingerprint density at radius 2 is 2.09 bits per heavy atom. The average molecular weight is 376 g/mol. The highest BCUT2D eigenvalue weighted by molar-refractivity contribution is 9.10. The third-order valence-corrected chi connectivity index (χ3v) is 5.67. The maximum atomic E-state index is 11.4. The molecule has 0 atom stereocenters. The van der Waals surface area contributed by atoms with E-state index in [1.54, 1.807) is 0 Å². The van der Waals surface area contributed by atoms with Crippen LogP contribution in [0.2, 0.25) is 0 Å². The quantitative estimate of drug-likeness (QED) is 0.891. The van der Waals surface area contributed by atoms with E-state index in [1.807, 2.05) is 0 Å². The molecule has 0 aliphatic carbocycles. The Hall–Kier alpha value is -1.62. The van der Waals surface area contributed by atoms with Gasteiger partial charge in [0.25, 0.3) is 0 Å². The summed E-state index contributed by atoms with van der Waals surface area (Å²) >= 11 is 3.59. The fraction of sp³-hybridized carbons (Fsp3) is 0.444. The van der Waals surface area contributed by atoms with Crippen molar-refractivity contribution in [1.29, 1.82) is 0 Å².